The van der Waals surface area contributed by atoms with Crippen molar-refractivity contribution in [3.63, 3.8) is 0 Å². The minimum absolute atomic E-state index is 0.0625. The van der Waals surface area contributed by atoms with Crippen LogP contribution in [0.25, 0.3) is 0 Å². The molecule has 1 aromatic rings. The van der Waals surface area contributed by atoms with E-state index >= 15 is 0 Å². The largest absolute Gasteiger partial charge is 0.478 e. The maximum atomic E-state index is 13.7. The van der Waals surface area contributed by atoms with Gasteiger partial charge in [-0.3, -0.25) is 0 Å². The molecule has 0 heterocycles. The van der Waals surface area contributed by atoms with E-state index < -0.39 is 17.8 Å². The molecule has 0 unspecified atom stereocenters. The highest BCUT2D eigenvalue weighted by atomic mass is 19.1. The number of carbonyl (C=O) groups excluding carboxylic acids is 1. The van der Waals surface area contributed by atoms with Gasteiger partial charge in [0.05, 0.1) is 11.3 Å². The minimum Gasteiger partial charge on any atom is -0.478 e. The molecule has 0 spiro atoms. The zero-order valence-corrected chi connectivity index (χ0v) is 11.7. The second-order valence-corrected chi connectivity index (χ2v) is 5.25. The summed E-state index contributed by atoms with van der Waals surface area (Å²) in [6.45, 7) is 0. The molecule has 1 aliphatic carbocycles. The Morgan fingerprint density at radius 2 is 1.81 bits per heavy atom. The Morgan fingerprint density at radius 1 is 1.14 bits per heavy atom. The quantitative estimate of drug-likeness (QED) is 0.748. The second-order valence-electron chi connectivity index (χ2n) is 5.25. The van der Waals surface area contributed by atoms with E-state index in [2.05, 4.69) is 10.6 Å². The van der Waals surface area contributed by atoms with Gasteiger partial charge in [0, 0.05) is 6.04 Å². The molecule has 1 aromatic carbocycles. The summed E-state index contributed by atoms with van der Waals surface area (Å²) in [5, 5.41) is 14.1. The lowest BCUT2D eigenvalue weighted by atomic mass is 10.1. The third-order valence-electron chi connectivity index (χ3n) is 3.67. The predicted molar refractivity (Wildman–Crippen MR) is 77.0 cm³/mol. The van der Waals surface area contributed by atoms with Gasteiger partial charge in [-0.2, -0.15) is 0 Å². The van der Waals surface area contributed by atoms with Gasteiger partial charge in [0.2, 0.25) is 0 Å². The normalized spacial score (nSPS) is 16.0. The van der Waals surface area contributed by atoms with Crippen molar-refractivity contribution in [3.8, 4) is 0 Å². The number of carbonyl (C=O) groups is 2. The fraction of sp³-hybridized carbons (Fsp3) is 0.467. The number of hydrogen-bond donors (Lipinski definition) is 3. The fourth-order valence-corrected chi connectivity index (χ4v) is 2.59. The summed E-state index contributed by atoms with van der Waals surface area (Å²) < 4.78 is 13.7. The maximum Gasteiger partial charge on any atom is 0.337 e. The van der Waals surface area contributed by atoms with Gasteiger partial charge in [-0.1, -0.05) is 31.7 Å². The molecule has 1 aliphatic rings. The molecule has 2 rings (SSSR count). The number of para-hydroxylation sites is 1. The van der Waals surface area contributed by atoms with Crippen LogP contribution in [-0.4, -0.2) is 23.1 Å². The summed E-state index contributed by atoms with van der Waals surface area (Å²) in [4.78, 5) is 23.0. The standard InChI is InChI=1S/C15H19FN2O3/c16-12-9-5-8-11(14(19)20)13(12)18-15(21)17-10-6-3-1-2-4-7-10/h5,8-10H,1-4,6-7H2,(H,19,20)(H2,17,18,21). The molecular weight excluding hydrogens is 275 g/mol. The summed E-state index contributed by atoms with van der Waals surface area (Å²) in [5.74, 6) is -2.04. The van der Waals surface area contributed by atoms with Gasteiger partial charge < -0.3 is 15.7 Å². The Bertz CT molecular complexity index is 526. The maximum absolute atomic E-state index is 13.7. The molecule has 21 heavy (non-hydrogen) atoms. The Balaban J connectivity index is 2.03. The summed E-state index contributed by atoms with van der Waals surface area (Å²) in [6, 6.07) is 3.18. The number of halogens is 1. The van der Waals surface area contributed by atoms with Gasteiger partial charge in [0.15, 0.2) is 0 Å². The lowest BCUT2D eigenvalue weighted by Crippen LogP contribution is -2.38. The molecule has 0 radical (unpaired) electrons. The lowest BCUT2D eigenvalue weighted by molar-refractivity contribution is 0.0697. The molecule has 0 aliphatic heterocycles. The molecular formula is C15H19FN2O3. The highest BCUT2D eigenvalue weighted by Gasteiger charge is 2.19. The monoisotopic (exact) mass is 294 g/mol. The number of carboxylic acid groups (broad SMARTS) is 1. The van der Waals surface area contributed by atoms with Crippen molar-refractivity contribution in [2.45, 2.75) is 44.6 Å². The van der Waals surface area contributed by atoms with Crippen LogP contribution in [0.1, 0.15) is 48.9 Å². The minimum atomic E-state index is -1.28. The second kappa shape index (κ2) is 7.06. The van der Waals surface area contributed by atoms with Crippen LogP contribution in [0, 0.1) is 5.82 Å². The van der Waals surface area contributed by atoms with Crippen molar-refractivity contribution in [3.05, 3.63) is 29.6 Å². The Kier molecular flexibility index (Phi) is 5.14. The van der Waals surface area contributed by atoms with E-state index in [0.29, 0.717) is 0 Å². The molecule has 0 atom stereocenters. The van der Waals surface area contributed by atoms with Crippen LogP contribution in [0.4, 0.5) is 14.9 Å². The predicted octanol–water partition coefficient (Wildman–Crippen LogP) is 3.37. The van der Waals surface area contributed by atoms with Crippen LogP contribution in [0.3, 0.4) is 0 Å². The third-order valence-corrected chi connectivity index (χ3v) is 3.67. The number of carboxylic acids is 1. The third kappa shape index (κ3) is 4.18. The van der Waals surface area contributed by atoms with Gasteiger partial charge in [-0.05, 0) is 25.0 Å². The van der Waals surface area contributed by atoms with Crippen LogP contribution < -0.4 is 10.6 Å². The van der Waals surface area contributed by atoms with Crippen LogP contribution >= 0.6 is 0 Å². The molecule has 114 valence electrons. The van der Waals surface area contributed by atoms with Gasteiger partial charge >= 0.3 is 12.0 Å². The molecule has 0 bridgehead atoms. The summed E-state index contributed by atoms with van der Waals surface area (Å²) in [6.07, 6.45) is 6.25. The zero-order valence-electron chi connectivity index (χ0n) is 11.7. The highest BCUT2D eigenvalue weighted by Crippen LogP contribution is 2.21. The van der Waals surface area contributed by atoms with Crippen molar-refractivity contribution in [2.24, 2.45) is 0 Å². The van der Waals surface area contributed by atoms with E-state index in [4.69, 9.17) is 5.11 Å². The van der Waals surface area contributed by atoms with E-state index in [9.17, 15) is 14.0 Å². The van der Waals surface area contributed by atoms with Crippen LogP contribution in [0.5, 0.6) is 0 Å². The Labute approximate surface area is 122 Å². The first-order chi connectivity index (χ1) is 10.1. The van der Waals surface area contributed by atoms with Gasteiger partial charge in [-0.15, -0.1) is 0 Å². The van der Waals surface area contributed by atoms with Crippen molar-refractivity contribution in [1.29, 1.82) is 0 Å². The van der Waals surface area contributed by atoms with E-state index in [0.717, 1.165) is 44.6 Å². The number of rotatable bonds is 3. The van der Waals surface area contributed by atoms with E-state index in [1.54, 1.807) is 0 Å². The van der Waals surface area contributed by atoms with Gasteiger partial charge in [0.1, 0.15) is 5.82 Å². The van der Waals surface area contributed by atoms with E-state index in [1.165, 1.54) is 12.1 Å². The number of amides is 2. The summed E-state index contributed by atoms with van der Waals surface area (Å²) in [5.41, 5.74) is -0.554. The number of urea groups is 1. The first-order valence-corrected chi connectivity index (χ1v) is 7.17. The lowest BCUT2D eigenvalue weighted by Gasteiger charge is -2.17. The van der Waals surface area contributed by atoms with Crippen molar-refractivity contribution in [1.82, 2.24) is 5.32 Å². The number of nitrogens with one attached hydrogen (secondary N) is 2. The topological polar surface area (TPSA) is 78.4 Å². The van der Waals surface area contributed by atoms with E-state index in [1.807, 2.05) is 0 Å². The summed E-state index contributed by atoms with van der Waals surface area (Å²) >= 11 is 0. The van der Waals surface area contributed by atoms with Crippen molar-refractivity contribution < 1.29 is 19.1 Å². The number of anilines is 1. The molecule has 0 saturated heterocycles. The number of benzene rings is 1. The SMILES string of the molecule is O=C(Nc1c(F)cccc1C(=O)O)NC1CCCCCC1. The molecule has 3 N–H and O–H groups in total. The van der Waals surface area contributed by atoms with Crippen molar-refractivity contribution >= 4 is 17.7 Å². The summed E-state index contributed by atoms with van der Waals surface area (Å²) in [7, 11) is 0. The average molecular weight is 294 g/mol. The Morgan fingerprint density at radius 3 is 2.43 bits per heavy atom. The first-order valence-electron chi connectivity index (χ1n) is 7.17. The first kappa shape index (κ1) is 15.3. The smallest absolute Gasteiger partial charge is 0.337 e. The van der Waals surface area contributed by atoms with Gasteiger partial charge in [-0.25, -0.2) is 14.0 Å². The average Bonchev–Trinajstić information content (AvgIpc) is 2.69. The van der Waals surface area contributed by atoms with Crippen LogP contribution in [0.2, 0.25) is 0 Å². The fourth-order valence-electron chi connectivity index (χ4n) is 2.59. The molecule has 2 amide bonds. The molecule has 6 heteroatoms. The highest BCUT2D eigenvalue weighted by molar-refractivity contribution is 6.00. The number of hydrogen-bond acceptors (Lipinski definition) is 2. The van der Waals surface area contributed by atoms with Crippen LogP contribution in [-0.2, 0) is 0 Å². The molecule has 1 fully saturated rings. The van der Waals surface area contributed by atoms with Crippen LogP contribution in [0.15, 0.2) is 18.2 Å². The Hall–Kier alpha value is -2.11. The number of aromatic carboxylic acids is 1. The molecule has 1 saturated carbocycles. The molecule has 0 aromatic heterocycles. The van der Waals surface area contributed by atoms with E-state index in [-0.39, 0.29) is 17.3 Å². The zero-order chi connectivity index (χ0) is 15.2. The van der Waals surface area contributed by atoms with Gasteiger partial charge in [0.25, 0.3) is 0 Å². The van der Waals surface area contributed by atoms with Crippen molar-refractivity contribution in [2.75, 3.05) is 5.32 Å². The molecule has 5 nitrogen and oxygen atoms in total.